The van der Waals surface area contributed by atoms with E-state index >= 15 is 0 Å². The molecular formula is C17H18N2O5. The van der Waals surface area contributed by atoms with E-state index in [1.165, 1.54) is 17.0 Å². The van der Waals surface area contributed by atoms with Gasteiger partial charge in [-0.25, -0.2) is 0 Å². The molecule has 0 unspecified atom stereocenters. The van der Waals surface area contributed by atoms with E-state index in [2.05, 4.69) is 0 Å². The van der Waals surface area contributed by atoms with E-state index in [0.29, 0.717) is 18.5 Å². The van der Waals surface area contributed by atoms with E-state index in [1.54, 1.807) is 17.0 Å². The van der Waals surface area contributed by atoms with E-state index in [9.17, 15) is 24.6 Å². The highest BCUT2D eigenvalue weighted by Gasteiger charge is 2.57. The van der Waals surface area contributed by atoms with Gasteiger partial charge in [-0.15, -0.1) is 0 Å². The molecule has 3 aliphatic rings. The highest BCUT2D eigenvalue weighted by molar-refractivity contribution is 5.99. The van der Waals surface area contributed by atoms with Crippen molar-refractivity contribution in [2.45, 2.75) is 37.4 Å². The minimum atomic E-state index is -1.01. The number of rotatable bonds is 2. The van der Waals surface area contributed by atoms with Gasteiger partial charge in [0.2, 0.25) is 11.8 Å². The van der Waals surface area contributed by atoms with Crippen molar-refractivity contribution < 1.29 is 24.6 Å². The lowest BCUT2D eigenvalue weighted by Gasteiger charge is -2.41. The number of fused-ring (bicyclic) bond motifs is 2. The summed E-state index contributed by atoms with van der Waals surface area (Å²) in [7, 11) is 0. The summed E-state index contributed by atoms with van der Waals surface area (Å²) in [4.78, 5) is 40.5. The first-order valence-corrected chi connectivity index (χ1v) is 8.13. The van der Waals surface area contributed by atoms with Gasteiger partial charge in [0.05, 0.1) is 12.0 Å². The summed E-state index contributed by atoms with van der Waals surface area (Å²) in [5.74, 6) is -2.05. The number of piperazine rings is 1. The normalized spacial score (nSPS) is 32.0. The number of aliphatic carboxylic acids is 1. The van der Waals surface area contributed by atoms with Gasteiger partial charge in [0.15, 0.2) is 0 Å². The lowest BCUT2D eigenvalue weighted by molar-refractivity contribution is -0.159. The van der Waals surface area contributed by atoms with Crippen molar-refractivity contribution in [1.82, 2.24) is 9.80 Å². The van der Waals surface area contributed by atoms with Gasteiger partial charge in [0.1, 0.15) is 17.8 Å². The van der Waals surface area contributed by atoms with Crippen LogP contribution in [-0.4, -0.2) is 56.4 Å². The first-order valence-electron chi connectivity index (χ1n) is 8.13. The summed E-state index contributed by atoms with van der Waals surface area (Å²) in [5, 5.41) is 19.1. The highest BCUT2D eigenvalue weighted by Crippen LogP contribution is 2.45. The number of aromatic hydroxyl groups is 1. The fraction of sp³-hybridized carbons (Fsp3) is 0.471. The molecule has 3 heterocycles. The Bertz CT molecular complexity index is 716. The van der Waals surface area contributed by atoms with Gasteiger partial charge in [-0.05, 0) is 37.0 Å². The van der Waals surface area contributed by atoms with Crippen LogP contribution in [0.5, 0.6) is 5.75 Å². The summed E-state index contributed by atoms with van der Waals surface area (Å²) in [6.07, 6.45) is 1.57. The van der Waals surface area contributed by atoms with Crippen LogP contribution in [0.4, 0.5) is 0 Å². The first-order chi connectivity index (χ1) is 11.5. The average molecular weight is 330 g/mol. The molecule has 0 aliphatic carbocycles. The molecule has 24 heavy (non-hydrogen) atoms. The largest absolute Gasteiger partial charge is 0.508 e. The molecule has 0 saturated carbocycles. The zero-order valence-corrected chi connectivity index (χ0v) is 13.0. The van der Waals surface area contributed by atoms with Crippen molar-refractivity contribution in [2.24, 2.45) is 5.92 Å². The van der Waals surface area contributed by atoms with Crippen LogP contribution in [0.25, 0.3) is 0 Å². The Labute approximate surface area is 138 Å². The van der Waals surface area contributed by atoms with Gasteiger partial charge >= 0.3 is 5.97 Å². The van der Waals surface area contributed by atoms with E-state index in [-0.39, 0.29) is 24.0 Å². The molecule has 0 spiro atoms. The smallest absolute Gasteiger partial charge is 0.309 e. The molecule has 2 N–H and O–H groups in total. The molecule has 0 bridgehead atoms. The molecule has 1 aromatic carbocycles. The Kier molecular flexibility index (Phi) is 3.26. The van der Waals surface area contributed by atoms with E-state index in [4.69, 9.17) is 0 Å². The average Bonchev–Trinajstić information content (AvgIpc) is 3.19. The molecule has 0 radical (unpaired) electrons. The second-order valence-electron chi connectivity index (χ2n) is 6.67. The number of carboxylic acids is 1. The number of hydrogen-bond acceptors (Lipinski definition) is 4. The van der Waals surface area contributed by atoms with Crippen molar-refractivity contribution >= 4 is 17.8 Å². The standard InChI is InChI=1S/C17H18N2O5/c20-10-5-3-9(4-6-10)14-11(17(23)24)8-13-15(21)18-7-1-2-12(18)16(22)19(13)14/h3-6,11-14,20H,1-2,7-8H2,(H,23,24)/t11-,12-,13-,14-/m0/s1. The SMILES string of the molecule is O=C(O)[C@H]1C[C@H]2C(=O)N3CCC[C@H]3C(=O)N2[C@H]1c1ccc(O)cc1. The van der Waals surface area contributed by atoms with Gasteiger partial charge in [-0.1, -0.05) is 12.1 Å². The lowest BCUT2D eigenvalue weighted by Crippen LogP contribution is -2.60. The monoisotopic (exact) mass is 330 g/mol. The third-order valence-electron chi connectivity index (χ3n) is 5.41. The van der Waals surface area contributed by atoms with E-state index in [0.717, 1.165) is 6.42 Å². The number of nitrogens with zero attached hydrogens (tertiary/aromatic N) is 2. The van der Waals surface area contributed by atoms with Crippen LogP contribution < -0.4 is 0 Å². The zero-order chi connectivity index (χ0) is 17.0. The quantitative estimate of drug-likeness (QED) is 0.833. The summed E-state index contributed by atoms with van der Waals surface area (Å²) in [5.41, 5.74) is 0.635. The molecular weight excluding hydrogens is 312 g/mol. The minimum absolute atomic E-state index is 0.0724. The summed E-state index contributed by atoms with van der Waals surface area (Å²) >= 11 is 0. The van der Waals surface area contributed by atoms with Crippen molar-refractivity contribution in [3.05, 3.63) is 29.8 Å². The third-order valence-corrected chi connectivity index (χ3v) is 5.41. The highest BCUT2D eigenvalue weighted by atomic mass is 16.4. The van der Waals surface area contributed by atoms with Crippen molar-refractivity contribution in [2.75, 3.05) is 6.54 Å². The fourth-order valence-corrected chi connectivity index (χ4v) is 4.33. The van der Waals surface area contributed by atoms with E-state index in [1.807, 2.05) is 0 Å². The molecule has 126 valence electrons. The molecule has 3 saturated heterocycles. The Morgan fingerprint density at radius 3 is 2.46 bits per heavy atom. The number of carbonyl (C=O) groups is 3. The summed E-state index contributed by atoms with van der Waals surface area (Å²) in [6, 6.07) is 4.35. The molecule has 2 amide bonds. The molecule has 3 aliphatic heterocycles. The second kappa shape index (κ2) is 5.22. The third kappa shape index (κ3) is 2.00. The van der Waals surface area contributed by atoms with Crippen LogP contribution in [0.15, 0.2) is 24.3 Å². The number of carboxylic acid groups (broad SMARTS) is 1. The maximum absolute atomic E-state index is 12.9. The Morgan fingerprint density at radius 1 is 1.08 bits per heavy atom. The number of amides is 2. The van der Waals surface area contributed by atoms with Gasteiger partial charge in [-0.3, -0.25) is 14.4 Å². The minimum Gasteiger partial charge on any atom is -0.508 e. The maximum atomic E-state index is 12.9. The zero-order valence-electron chi connectivity index (χ0n) is 13.0. The van der Waals surface area contributed by atoms with Gasteiger partial charge in [-0.2, -0.15) is 0 Å². The summed E-state index contributed by atoms with van der Waals surface area (Å²) < 4.78 is 0. The first kappa shape index (κ1) is 15.0. The van der Waals surface area contributed by atoms with Gasteiger partial charge in [0, 0.05) is 6.54 Å². The number of carbonyl (C=O) groups excluding carboxylic acids is 2. The van der Waals surface area contributed by atoms with Crippen LogP contribution in [0.1, 0.15) is 30.9 Å². The van der Waals surface area contributed by atoms with Crippen molar-refractivity contribution in [3.8, 4) is 5.75 Å². The number of phenolic OH excluding ortho intramolecular Hbond substituents is 1. The second-order valence-corrected chi connectivity index (χ2v) is 6.67. The predicted octanol–water partition coefficient (Wildman–Crippen LogP) is 0.740. The number of phenols is 1. The molecule has 7 nitrogen and oxygen atoms in total. The molecule has 3 fully saturated rings. The molecule has 4 atom stereocenters. The van der Waals surface area contributed by atoms with Crippen LogP contribution in [0.3, 0.4) is 0 Å². The maximum Gasteiger partial charge on any atom is 0.309 e. The molecule has 4 rings (SSSR count). The van der Waals surface area contributed by atoms with Crippen LogP contribution in [0.2, 0.25) is 0 Å². The number of benzene rings is 1. The van der Waals surface area contributed by atoms with Crippen LogP contribution in [-0.2, 0) is 14.4 Å². The lowest BCUT2D eigenvalue weighted by atomic mass is 9.93. The Morgan fingerprint density at radius 2 is 1.79 bits per heavy atom. The van der Waals surface area contributed by atoms with Gasteiger partial charge < -0.3 is 20.0 Å². The Hall–Kier alpha value is -2.57. The van der Waals surface area contributed by atoms with Crippen LogP contribution >= 0.6 is 0 Å². The molecule has 0 aromatic heterocycles. The topological polar surface area (TPSA) is 98.2 Å². The predicted molar refractivity (Wildman–Crippen MR) is 82.0 cm³/mol. The van der Waals surface area contributed by atoms with Gasteiger partial charge in [0.25, 0.3) is 0 Å². The van der Waals surface area contributed by atoms with E-state index < -0.39 is 30.0 Å². The fourth-order valence-electron chi connectivity index (χ4n) is 4.33. The van der Waals surface area contributed by atoms with Crippen LogP contribution in [0, 0.1) is 5.92 Å². The number of hydrogen-bond donors (Lipinski definition) is 2. The molecule has 1 aromatic rings. The summed E-state index contributed by atoms with van der Waals surface area (Å²) in [6.45, 7) is 0.571. The van der Waals surface area contributed by atoms with Crippen molar-refractivity contribution in [3.63, 3.8) is 0 Å². The molecule has 7 heteroatoms. The Balaban J connectivity index is 1.78. The van der Waals surface area contributed by atoms with Crippen molar-refractivity contribution in [1.29, 1.82) is 0 Å².